The molecule has 5 rings (SSSR count). The minimum absolute atomic E-state index is 0.0301. The van der Waals surface area contributed by atoms with E-state index in [0.717, 1.165) is 12.8 Å². The molecule has 2 fully saturated rings. The molecule has 3 aromatic rings. The molecule has 0 unspecified atom stereocenters. The number of carbonyl (C=O) groups is 1. The zero-order valence-electron chi connectivity index (χ0n) is 24.1. The number of esters is 1. The summed E-state index contributed by atoms with van der Waals surface area (Å²) in [6.45, 7) is 5.39. The summed E-state index contributed by atoms with van der Waals surface area (Å²) in [5.74, 6) is -0.386. The van der Waals surface area contributed by atoms with Gasteiger partial charge in [-0.15, -0.1) is 0 Å². The number of nitrogens with two attached hydrogens (primary N) is 1. The number of rotatable bonds is 11. The summed E-state index contributed by atoms with van der Waals surface area (Å²) in [5, 5.41) is 4.87. The molecule has 43 heavy (non-hydrogen) atoms. The van der Waals surface area contributed by atoms with E-state index in [2.05, 4.69) is 16.7 Å². The van der Waals surface area contributed by atoms with Crippen LogP contribution in [-0.4, -0.2) is 67.9 Å². The molecule has 12 nitrogen and oxygen atoms in total. The van der Waals surface area contributed by atoms with Gasteiger partial charge in [0.2, 0.25) is 5.75 Å². The Morgan fingerprint density at radius 1 is 1.14 bits per heavy atom. The summed E-state index contributed by atoms with van der Waals surface area (Å²) in [6, 6.07) is 11.6. The third-order valence-electron chi connectivity index (χ3n) is 7.63. The van der Waals surface area contributed by atoms with E-state index in [4.69, 9.17) is 26.8 Å². The Hall–Kier alpha value is -3.65. The highest BCUT2D eigenvalue weighted by atomic mass is 35.5. The predicted octanol–water partition coefficient (Wildman–Crippen LogP) is 2.98. The quantitative estimate of drug-likeness (QED) is 0.241. The Bertz CT molecular complexity index is 1670. The number of carbonyl (C=O) groups excluding carboxylic acids is 1. The van der Waals surface area contributed by atoms with E-state index in [1.807, 2.05) is 4.90 Å². The van der Waals surface area contributed by atoms with Gasteiger partial charge in [0, 0.05) is 48.8 Å². The maximum atomic E-state index is 13.6. The van der Waals surface area contributed by atoms with Gasteiger partial charge in [0.25, 0.3) is 10.2 Å². The van der Waals surface area contributed by atoms with Crippen LogP contribution in [0, 0.1) is 5.41 Å². The summed E-state index contributed by atoms with van der Waals surface area (Å²) in [7, 11) is -3.84. The molecule has 230 valence electrons. The van der Waals surface area contributed by atoms with Gasteiger partial charge in [-0.1, -0.05) is 30.7 Å². The molecule has 2 aliphatic rings. The van der Waals surface area contributed by atoms with Crippen molar-refractivity contribution in [1.82, 2.24) is 18.8 Å². The van der Waals surface area contributed by atoms with E-state index in [9.17, 15) is 18.0 Å². The number of anilines is 2. The Balaban J connectivity index is 1.29. The van der Waals surface area contributed by atoms with Crippen LogP contribution in [-0.2, 0) is 21.5 Å². The summed E-state index contributed by atoms with van der Waals surface area (Å²) in [4.78, 5) is 27.7. The van der Waals surface area contributed by atoms with Crippen molar-refractivity contribution >= 4 is 39.2 Å². The zero-order valence-corrected chi connectivity index (χ0v) is 25.7. The second kappa shape index (κ2) is 12.5. The van der Waals surface area contributed by atoms with Gasteiger partial charge < -0.3 is 20.1 Å². The van der Waals surface area contributed by atoms with Crippen LogP contribution < -0.4 is 25.7 Å². The van der Waals surface area contributed by atoms with Gasteiger partial charge in [0.15, 0.2) is 0 Å². The van der Waals surface area contributed by atoms with Crippen molar-refractivity contribution in [3.8, 4) is 11.4 Å². The molecule has 0 bridgehead atoms. The number of nitrogens with one attached hydrogen (secondary N) is 1. The minimum atomic E-state index is -3.84. The van der Waals surface area contributed by atoms with E-state index in [0.29, 0.717) is 41.7 Å². The Labute approximate surface area is 255 Å². The first kappa shape index (κ1) is 30.8. The predicted molar refractivity (Wildman–Crippen MR) is 164 cm³/mol. The van der Waals surface area contributed by atoms with Crippen molar-refractivity contribution in [3.63, 3.8) is 0 Å². The maximum absolute atomic E-state index is 13.6. The van der Waals surface area contributed by atoms with Crippen LogP contribution in [0.3, 0.4) is 0 Å². The number of benzene rings is 2. The smallest absolute Gasteiger partial charge is 0.340 e. The third-order valence-corrected chi connectivity index (χ3v) is 9.42. The molecule has 1 saturated carbocycles. The second-order valence-electron chi connectivity index (χ2n) is 11.0. The first-order valence-corrected chi connectivity index (χ1v) is 15.9. The highest BCUT2D eigenvalue weighted by molar-refractivity contribution is 7.87. The number of aromatic nitrogens is 2. The van der Waals surface area contributed by atoms with Crippen LogP contribution in [0.1, 0.15) is 42.6 Å². The van der Waals surface area contributed by atoms with Crippen LogP contribution in [0.2, 0.25) is 5.02 Å². The summed E-state index contributed by atoms with van der Waals surface area (Å²) in [5.41, 5.74) is 7.57. The Morgan fingerprint density at radius 2 is 1.88 bits per heavy atom. The topological polar surface area (TPSA) is 149 Å². The van der Waals surface area contributed by atoms with Crippen molar-refractivity contribution in [3.05, 3.63) is 75.2 Å². The molecule has 2 heterocycles. The van der Waals surface area contributed by atoms with Crippen molar-refractivity contribution < 1.29 is 22.7 Å². The molecule has 0 radical (unpaired) electrons. The Morgan fingerprint density at radius 3 is 2.56 bits per heavy atom. The van der Waals surface area contributed by atoms with E-state index in [1.165, 1.54) is 15.1 Å². The number of nitrogens with zero attached hydrogens (tertiary/aromatic N) is 4. The fourth-order valence-corrected chi connectivity index (χ4v) is 6.08. The van der Waals surface area contributed by atoms with E-state index in [-0.39, 0.29) is 48.7 Å². The lowest BCUT2D eigenvalue weighted by Crippen LogP contribution is -2.52. The van der Waals surface area contributed by atoms with Crippen molar-refractivity contribution in [2.24, 2.45) is 5.41 Å². The molecule has 14 heteroatoms. The monoisotopic (exact) mass is 630 g/mol. The molecule has 1 aliphatic heterocycles. The lowest BCUT2D eigenvalue weighted by molar-refractivity contribution is 0.0527. The lowest BCUT2D eigenvalue weighted by atomic mass is 10.1. The molecule has 0 amide bonds. The summed E-state index contributed by atoms with van der Waals surface area (Å²) < 4.78 is 42.6. The van der Waals surface area contributed by atoms with E-state index >= 15 is 0 Å². The van der Waals surface area contributed by atoms with E-state index in [1.54, 1.807) is 49.5 Å². The SMILES string of the molecule is CCOC(=O)c1cc(CNS(=O)(=O)N2CCN(c3cnn(-c4cccc(Cl)c4)c(=O)c3OCC3(C)CC3)CC2)ccc1N. The van der Waals surface area contributed by atoms with Gasteiger partial charge in [0.05, 0.1) is 30.7 Å². The fraction of sp³-hybridized carbons (Fsp3) is 0.414. The van der Waals surface area contributed by atoms with Gasteiger partial charge in [-0.25, -0.2) is 4.79 Å². The number of hydrogen-bond acceptors (Lipinski definition) is 9. The average Bonchev–Trinajstić information content (AvgIpc) is 3.73. The standard InChI is InChI=1S/C29H35ClN6O6S/c1-3-41-28(38)23-15-20(7-8-24(23)31)17-33-43(39,40)35-13-11-34(12-14-35)25-18-32-36(22-6-4-5-21(30)16-22)27(37)26(25)42-19-29(2)9-10-29/h4-8,15-16,18,33H,3,9-14,17,19,31H2,1-2H3. The van der Waals surface area contributed by atoms with E-state index < -0.39 is 21.7 Å². The largest absolute Gasteiger partial charge is 0.486 e. The van der Waals surface area contributed by atoms with Crippen LogP contribution in [0.15, 0.2) is 53.5 Å². The van der Waals surface area contributed by atoms with Crippen molar-refractivity contribution in [2.45, 2.75) is 33.2 Å². The molecule has 2 aromatic carbocycles. The van der Waals surface area contributed by atoms with Crippen molar-refractivity contribution in [1.29, 1.82) is 0 Å². The molecule has 1 saturated heterocycles. The van der Waals surface area contributed by atoms with Gasteiger partial charge in [-0.05, 0) is 55.7 Å². The summed E-state index contributed by atoms with van der Waals surface area (Å²) in [6.07, 6.45) is 3.64. The number of halogens is 1. The second-order valence-corrected chi connectivity index (χ2v) is 13.2. The molecule has 1 aromatic heterocycles. The maximum Gasteiger partial charge on any atom is 0.340 e. The van der Waals surface area contributed by atoms with Gasteiger partial charge in [-0.2, -0.15) is 27.2 Å². The van der Waals surface area contributed by atoms with Gasteiger partial charge >= 0.3 is 11.5 Å². The first-order chi connectivity index (χ1) is 20.5. The zero-order chi connectivity index (χ0) is 30.8. The minimum Gasteiger partial charge on any atom is -0.486 e. The van der Waals surface area contributed by atoms with Crippen LogP contribution in [0.4, 0.5) is 11.4 Å². The normalized spacial score (nSPS) is 16.6. The molecule has 0 atom stereocenters. The van der Waals surface area contributed by atoms with Crippen LogP contribution >= 0.6 is 11.6 Å². The highest BCUT2D eigenvalue weighted by Crippen LogP contribution is 2.45. The molecular weight excluding hydrogens is 596 g/mol. The molecule has 0 spiro atoms. The van der Waals surface area contributed by atoms with Crippen LogP contribution in [0.5, 0.6) is 5.75 Å². The average molecular weight is 631 g/mol. The molecular formula is C29H35ClN6O6S. The Kier molecular flexibility index (Phi) is 8.97. The molecule has 1 aliphatic carbocycles. The number of ether oxygens (including phenoxy) is 2. The van der Waals surface area contributed by atoms with Gasteiger partial charge in [-0.3, -0.25) is 4.79 Å². The fourth-order valence-electron chi connectivity index (χ4n) is 4.72. The van der Waals surface area contributed by atoms with Crippen molar-refractivity contribution in [2.75, 3.05) is 50.0 Å². The number of piperazine rings is 1. The summed E-state index contributed by atoms with van der Waals surface area (Å²) >= 11 is 6.15. The van der Waals surface area contributed by atoms with Gasteiger partial charge in [0.1, 0.15) is 5.69 Å². The number of nitrogen functional groups attached to an aromatic ring is 1. The highest BCUT2D eigenvalue weighted by Gasteiger charge is 2.39. The number of hydrogen-bond donors (Lipinski definition) is 2. The molecule has 3 N–H and O–H groups in total. The first-order valence-electron chi connectivity index (χ1n) is 14.1. The third kappa shape index (κ3) is 7.12. The lowest BCUT2D eigenvalue weighted by Gasteiger charge is -2.35. The van der Waals surface area contributed by atoms with Crippen LogP contribution in [0.25, 0.3) is 5.69 Å².